The second-order valence-electron chi connectivity index (χ2n) is 8.61. The van der Waals surface area contributed by atoms with E-state index in [-0.39, 0.29) is 33.1 Å². The number of nitrogens with one attached hydrogen (secondary N) is 1. The van der Waals surface area contributed by atoms with Crippen LogP contribution in [0.15, 0.2) is 77.7 Å². The first kappa shape index (κ1) is 30.3. The van der Waals surface area contributed by atoms with Crippen molar-refractivity contribution in [3.63, 3.8) is 0 Å². The fraction of sp³-hybridized carbons (Fsp3) is 0.286. The number of hydrogen-bond acceptors (Lipinski definition) is 5. The van der Waals surface area contributed by atoms with E-state index < -0.39 is 28.5 Å². The molecule has 0 heterocycles. The molecule has 0 aliphatic rings. The fourth-order valence-corrected chi connectivity index (χ4v) is 5.79. The fourth-order valence-electron chi connectivity index (χ4n) is 4.07. The summed E-state index contributed by atoms with van der Waals surface area (Å²) in [6, 6.07) is 18.4. The summed E-state index contributed by atoms with van der Waals surface area (Å²) in [5.74, 6) is -0.306. The Morgan fingerprint density at radius 1 is 0.949 bits per heavy atom. The second-order valence-corrected chi connectivity index (χ2v) is 11.3. The van der Waals surface area contributed by atoms with Crippen LogP contribution in [0.1, 0.15) is 25.8 Å². The normalized spacial score (nSPS) is 11.9. The molecule has 0 spiro atoms. The van der Waals surface area contributed by atoms with E-state index in [9.17, 15) is 18.0 Å². The summed E-state index contributed by atoms with van der Waals surface area (Å²) in [5.41, 5.74) is 0.881. The lowest BCUT2D eigenvalue weighted by Gasteiger charge is -2.33. The zero-order valence-corrected chi connectivity index (χ0v) is 24.3. The zero-order chi connectivity index (χ0) is 28.6. The Hall–Kier alpha value is -3.27. The number of hydrogen-bond donors (Lipinski definition) is 1. The molecule has 3 rings (SSSR count). The molecule has 0 saturated carbocycles. The standard InChI is InChI=1S/C28H31Cl2N3O5S/c1-4-26(28(35)31-5-2)32(18-20-10-9-11-22(16-20)38-3)27(34)19-33(21-14-15-24(29)25(30)17-21)39(36,37)23-12-7-6-8-13-23/h6-17,26H,4-5,18-19H2,1-3H3,(H,31,35)/t26-/m0/s1. The smallest absolute Gasteiger partial charge is 0.264 e. The number of benzene rings is 3. The predicted molar refractivity (Wildman–Crippen MR) is 154 cm³/mol. The van der Waals surface area contributed by atoms with E-state index in [0.717, 1.165) is 9.87 Å². The van der Waals surface area contributed by atoms with Crippen LogP contribution in [-0.2, 0) is 26.2 Å². The van der Waals surface area contributed by atoms with E-state index in [0.29, 0.717) is 18.7 Å². The number of methoxy groups -OCH3 is 1. The number of sulfonamides is 1. The summed E-state index contributed by atoms with van der Waals surface area (Å²) in [6.45, 7) is 3.45. The van der Waals surface area contributed by atoms with Crippen LogP contribution in [0, 0.1) is 0 Å². The lowest BCUT2D eigenvalue weighted by atomic mass is 10.1. The molecular formula is C28H31Cl2N3O5S. The summed E-state index contributed by atoms with van der Waals surface area (Å²) in [7, 11) is -2.66. The van der Waals surface area contributed by atoms with Gasteiger partial charge in [0.1, 0.15) is 18.3 Å². The molecule has 0 bridgehead atoms. The number of amides is 2. The van der Waals surface area contributed by atoms with Gasteiger partial charge in [-0.15, -0.1) is 0 Å². The van der Waals surface area contributed by atoms with Gasteiger partial charge in [0.15, 0.2) is 0 Å². The van der Waals surface area contributed by atoms with Crippen molar-refractivity contribution >= 4 is 50.7 Å². The average Bonchev–Trinajstić information content (AvgIpc) is 2.93. The summed E-state index contributed by atoms with van der Waals surface area (Å²) in [6.07, 6.45) is 0.319. The molecule has 11 heteroatoms. The highest BCUT2D eigenvalue weighted by Gasteiger charge is 2.33. The van der Waals surface area contributed by atoms with Crippen LogP contribution < -0.4 is 14.4 Å². The van der Waals surface area contributed by atoms with Crippen molar-refractivity contribution in [1.82, 2.24) is 10.2 Å². The molecule has 0 aliphatic carbocycles. The monoisotopic (exact) mass is 591 g/mol. The van der Waals surface area contributed by atoms with Crippen LogP contribution in [0.2, 0.25) is 10.0 Å². The van der Waals surface area contributed by atoms with E-state index in [1.54, 1.807) is 50.2 Å². The second kappa shape index (κ2) is 13.7. The van der Waals surface area contributed by atoms with Gasteiger partial charge in [0, 0.05) is 13.1 Å². The van der Waals surface area contributed by atoms with Crippen LogP contribution in [0.5, 0.6) is 5.75 Å². The number of anilines is 1. The number of carbonyl (C=O) groups excluding carboxylic acids is 2. The van der Waals surface area contributed by atoms with Crippen molar-refractivity contribution in [2.24, 2.45) is 0 Å². The van der Waals surface area contributed by atoms with E-state index in [1.165, 1.54) is 42.3 Å². The molecule has 1 atom stereocenters. The number of rotatable bonds is 12. The number of likely N-dealkylation sites (N-methyl/N-ethyl adjacent to an activating group) is 1. The van der Waals surface area contributed by atoms with Gasteiger partial charge < -0.3 is 15.0 Å². The Morgan fingerprint density at radius 3 is 2.28 bits per heavy atom. The van der Waals surface area contributed by atoms with Crippen molar-refractivity contribution in [3.8, 4) is 5.75 Å². The van der Waals surface area contributed by atoms with Gasteiger partial charge in [-0.2, -0.15) is 0 Å². The van der Waals surface area contributed by atoms with Crippen LogP contribution >= 0.6 is 23.2 Å². The first-order chi connectivity index (χ1) is 18.6. The molecule has 0 aromatic heterocycles. The molecule has 3 aromatic rings. The third-order valence-electron chi connectivity index (χ3n) is 6.03. The van der Waals surface area contributed by atoms with Gasteiger partial charge in [0.05, 0.1) is 27.7 Å². The van der Waals surface area contributed by atoms with Crippen molar-refractivity contribution in [2.45, 2.75) is 37.8 Å². The van der Waals surface area contributed by atoms with E-state index >= 15 is 0 Å². The molecule has 1 N–H and O–H groups in total. The topological polar surface area (TPSA) is 96.0 Å². The molecule has 0 fully saturated rings. The van der Waals surface area contributed by atoms with Crippen molar-refractivity contribution in [1.29, 1.82) is 0 Å². The molecule has 8 nitrogen and oxygen atoms in total. The van der Waals surface area contributed by atoms with Crippen molar-refractivity contribution < 1.29 is 22.7 Å². The van der Waals surface area contributed by atoms with Crippen molar-refractivity contribution in [3.05, 3.63) is 88.4 Å². The Balaban J connectivity index is 2.08. The first-order valence-corrected chi connectivity index (χ1v) is 14.5. The lowest BCUT2D eigenvalue weighted by Crippen LogP contribution is -2.52. The SMILES string of the molecule is CCNC(=O)[C@H](CC)N(Cc1cccc(OC)c1)C(=O)CN(c1ccc(Cl)c(Cl)c1)S(=O)(=O)c1ccccc1. The molecule has 39 heavy (non-hydrogen) atoms. The number of nitrogens with zero attached hydrogens (tertiary/aromatic N) is 2. The number of halogens is 2. The van der Waals surface area contributed by atoms with Gasteiger partial charge >= 0.3 is 0 Å². The Kier molecular flexibility index (Phi) is 10.6. The summed E-state index contributed by atoms with van der Waals surface area (Å²) < 4.78 is 33.9. The number of carbonyl (C=O) groups is 2. The lowest BCUT2D eigenvalue weighted by molar-refractivity contribution is -0.140. The van der Waals surface area contributed by atoms with E-state index in [2.05, 4.69) is 5.32 Å². The van der Waals surface area contributed by atoms with Gasteiger partial charge in [-0.3, -0.25) is 13.9 Å². The van der Waals surface area contributed by atoms with Gasteiger partial charge in [-0.25, -0.2) is 8.42 Å². The highest BCUT2D eigenvalue weighted by Crippen LogP contribution is 2.31. The average molecular weight is 593 g/mol. The number of ether oxygens (including phenoxy) is 1. The zero-order valence-electron chi connectivity index (χ0n) is 21.9. The van der Waals surface area contributed by atoms with Crippen molar-refractivity contribution in [2.75, 3.05) is 24.5 Å². The van der Waals surface area contributed by atoms with E-state index in [1.807, 2.05) is 6.07 Å². The van der Waals surface area contributed by atoms with Gasteiger partial charge in [0.2, 0.25) is 11.8 Å². The van der Waals surface area contributed by atoms with Crippen LogP contribution in [0.3, 0.4) is 0 Å². The molecule has 0 aliphatic heterocycles. The van der Waals surface area contributed by atoms with Gasteiger partial charge in [-0.05, 0) is 61.4 Å². The Bertz CT molecular complexity index is 1400. The third kappa shape index (κ3) is 7.44. The maximum absolute atomic E-state index is 14.0. The molecule has 0 saturated heterocycles. The maximum Gasteiger partial charge on any atom is 0.264 e. The minimum atomic E-state index is -4.20. The highest BCUT2D eigenvalue weighted by atomic mass is 35.5. The Labute approximate surface area is 239 Å². The summed E-state index contributed by atoms with van der Waals surface area (Å²) in [4.78, 5) is 28.4. The summed E-state index contributed by atoms with van der Waals surface area (Å²) in [5, 5.41) is 3.15. The van der Waals surface area contributed by atoms with Crippen LogP contribution in [-0.4, -0.2) is 51.4 Å². The van der Waals surface area contributed by atoms with Gasteiger partial charge in [0.25, 0.3) is 10.0 Å². The minimum Gasteiger partial charge on any atom is -0.497 e. The molecule has 0 radical (unpaired) electrons. The summed E-state index contributed by atoms with van der Waals surface area (Å²) >= 11 is 12.3. The first-order valence-electron chi connectivity index (χ1n) is 12.3. The third-order valence-corrected chi connectivity index (χ3v) is 8.55. The largest absolute Gasteiger partial charge is 0.497 e. The quantitative estimate of drug-likeness (QED) is 0.314. The predicted octanol–water partition coefficient (Wildman–Crippen LogP) is 5.14. The minimum absolute atomic E-state index is 0.000939. The van der Waals surface area contributed by atoms with Crippen LogP contribution in [0.4, 0.5) is 5.69 Å². The molecular weight excluding hydrogens is 561 g/mol. The van der Waals surface area contributed by atoms with E-state index in [4.69, 9.17) is 27.9 Å². The molecule has 2 amide bonds. The van der Waals surface area contributed by atoms with Crippen LogP contribution in [0.25, 0.3) is 0 Å². The Morgan fingerprint density at radius 2 is 1.67 bits per heavy atom. The highest BCUT2D eigenvalue weighted by molar-refractivity contribution is 7.92. The van der Waals surface area contributed by atoms with Gasteiger partial charge in [-0.1, -0.05) is 60.5 Å². The molecule has 208 valence electrons. The molecule has 3 aromatic carbocycles. The molecule has 0 unspecified atom stereocenters. The maximum atomic E-state index is 14.0.